The quantitative estimate of drug-likeness (QED) is 0.500. The molecule has 6 nitrogen and oxygen atoms in total. The zero-order valence-corrected chi connectivity index (χ0v) is 9.70. The van der Waals surface area contributed by atoms with Gasteiger partial charge in [0.25, 0.3) is 5.69 Å². The molecular weight excluding hydrogens is 234 g/mol. The number of nitrogens with zero attached hydrogens (tertiary/aromatic N) is 2. The van der Waals surface area contributed by atoms with Crippen molar-refractivity contribution in [2.45, 2.75) is 19.3 Å². The highest BCUT2D eigenvalue weighted by Gasteiger charge is 2.24. The largest absolute Gasteiger partial charge is 0.278 e. The number of nitro groups is 1. The Morgan fingerprint density at radius 3 is 2.78 bits per heavy atom. The number of hydrogen-bond donors (Lipinski definition) is 1. The molecule has 0 spiro atoms. The molecule has 1 amide bonds. The van der Waals surface area contributed by atoms with Gasteiger partial charge < -0.3 is 0 Å². The molecule has 0 aromatic heterocycles. The van der Waals surface area contributed by atoms with E-state index in [0.717, 1.165) is 19.3 Å². The molecule has 1 N–H and O–H groups in total. The lowest BCUT2D eigenvalue weighted by atomic mass is 9.85. The number of para-hydroxylation sites is 1. The van der Waals surface area contributed by atoms with Crippen molar-refractivity contribution < 1.29 is 9.72 Å². The van der Waals surface area contributed by atoms with Gasteiger partial charge in [-0.1, -0.05) is 18.6 Å². The molecule has 1 aliphatic rings. The van der Waals surface area contributed by atoms with Gasteiger partial charge in [0.2, 0.25) is 5.91 Å². The first-order chi connectivity index (χ1) is 8.68. The van der Waals surface area contributed by atoms with Crippen LogP contribution in [0.15, 0.2) is 29.4 Å². The fourth-order valence-electron chi connectivity index (χ4n) is 1.69. The fourth-order valence-corrected chi connectivity index (χ4v) is 1.69. The lowest BCUT2D eigenvalue weighted by Crippen LogP contribution is -2.31. The molecule has 94 valence electrons. The van der Waals surface area contributed by atoms with Crippen LogP contribution in [-0.4, -0.2) is 17.0 Å². The Hall–Kier alpha value is -2.24. The van der Waals surface area contributed by atoms with Crippen LogP contribution in [0.1, 0.15) is 24.8 Å². The highest BCUT2D eigenvalue weighted by atomic mass is 16.6. The van der Waals surface area contributed by atoms with E-state index in [-0.39, 0.29) is 17.5 Å². The number of nitrogens with one attached hydrogen (secondary N) is 1. The van der Waals surface area contributed by atoms with Gasteiger partial charge in [-0.05, 0) is 18.9 Å². The van der Waals surface area contributed by atoms with E-state index in [0.29, 0.717) is 5.56 Å². The van der Waals surface area contributed by atoms with Crippen molar-refractivity contribution in [3.8, 4) is 0 Å². The summed E-state index contributed by atoms with van der Waals surface area (Å²) in [7, 11) is 0. The second kappa shape index (κ2) is 5.39. The molecular formula is C12H13N3O3. The van der Waals surface area contributed by atoms with E-state index in [1.165, 1.54) is 12.3 Å². The average Bonchev–Trinajstić information content (AvgIpc) is 2.27. The molecule has 6 heteroatoms. The first-order valence-electron chi connectivity index (χ1n) is 5.75. The maximum Gasteiger partial charge on any atom is 0.278 e. The standard InChI is InChI=1S/C12H13N3O3/c16-12(9-5-3-6-9)14-13-8-10-4-1-2-7-11(10)15(17)18/h1-2,4,7-9H,3,5-6H2,(H,14,16). The van der Waals surface area contributed by atoms with Gasteiger partial charge in [0, 0.05) is 12.0 Å². The Labute approximate surface area is 104 Å². The topological polar surface area (TPSA) is 84.6 Å². The molecule has 1 saturated carbocycles. The fraction of sp³-hybridized carbons (Fsp3) is 0.333. The number of hydrogen-bond acceptors (Lipinski definition) is 4. The van der Waals surface area contributed by atoms with Gasteiger partial charge in [-0.15, -0.1) is 0 Å². The number of hydrazone groups is 1. The number of nitro benzene ring substituents is 1. The summed E-state index contributed by atoms with van der Waals surface area (Å²) in [5.41, 5.74) is 2.75. The van der Waals surface area contributed by atoms with Crippen LogP contribution in [0.25, 0.3) is 0 Å². The van der Waals surface area contributed by atoms with Crippen molar-refractivity contribution in [2.75, 3.05) is 0 Å². The Balaban J connectivity index is 2.00. The van der Waals surface area contributed by atoms with Crippen molar-refractivity contribution >= 4 is 17.8 Å². The van der Waals surface area contributed by atoms with Crippen LogP contribution in [0, 0.1) is 16.0 Å². The summed E-state index contributed by atoms with van der Waals surface area (Å²) >= 11 is 0. The summed E-state index contributed by atoms with van der Waals surface area (Å²) in [6.07, 6.45) is 4.17. The van der Waals surface area contributed by atoms with E-state index in [2.05, 4.69) is 10.5 Å². The van der Waals surface area contributed by atoms with E-state index in [9.17, 15) is 14.9 Å². The third-order valence-electron chi connectivity index (χ3n) is 2.99. The van der Waals surface area contributed by atoms with E-state index < -0.39 is 4.92 Å². The van der Waals surface area contributed by atoms with Crippen molar-refractivity contribution in [3.05, 3.63) is 39.9 Å². The molecule has 0 unspecified atom stereocenters. The van der Waals surface area contributed by atoms with E-state index in [1.807, 2.05) is 0 Å². The molecule has 2 rings (SSSR count). The van der Waals surface area contributed by atoms with Gasteiger partial charge in [-0.2, -0.15) is 5.10 Å². The van der Waals surface area contributed by atoms with Crippen LogP contribution in [0.3, 0.4) is 0 Å². The first kappa shape index (κ1) is 12.2. The highest BCUT2D eigenvalue weighted by molar-refractivity contribution is 5.87. The summed E-state index contributed by atoms with van der Waals surface area (Å²) in [5.74, 6) is -0.0657. The van der Waals surface area contributed by atoms with Crippen LogP contribution in [0.4, 0.5) is 5.69 Å². The van der Waals surface area contributed by atoms with Gasteiger partial charge in [0.1, 0.15) is 0 Å². The van der Waals surface area contributed by atoms with Crippen molar-refractivity contribution in [3.63, 3.8) is 0 Å². The van der Waals surface area contributed by atoms with Crippen molar-refractivity contribution in [1.82, 2.24) is 5.43 Å². The molecule has 0 atom stereocenters. The predicted molar refractivity (Wildman–Crippen MR) is 66.2 cm³/mol. The minimum atomic E-state index is -0.477. The average molecular weight is 247 g/mol. The third kappa shape index (κ3) is 2.71. The second-order valence-corrected chi connectivity index (χ2v) is 4.18. The summed E-state index contributed by atoms with van der Waals surface area (Å²) in [6.45, 7) is 0. The number of carbonyl (C=O) groups is 1. The highest BCUT2D eigenvalue weighted by Crippen LogP contribution is 2.26. The first-order valence-corrected chi connectivity index (χ1v) is 5.75. The normalized spacial score (nSPS) is 15.3. The summed E-state index contributed by atoms with van der Waals surface area (Å²) in [5, 5.41) is 14.5. The maximum atomic E-state index is 11.5. The van der Waals surface area contributed by atoms with Crippen LogP contribution in [0.2, 0.25) is 0 Å². The maximum absolute atomic E-state index is 11.5. The number of benzene rings is 1. The number of rotatable bonds is 4. The zero-order chi connectivity index (χ0) is 13.0. The lowest BCUT2D eigenvalue weighted by molar-refractivity contribution is -0.385. The molecule has 1 fully saturated rings. The Bertz CT molecular complexity index is 495. The molecule has 0 heterocycles. The van der Waals surface area contributed by atoms with Gasteiger partial charge in [-0.25, -0.2) is 5.43 Å². The van der Waals surface area contributed by atoms with Crippen molar-refractivity contribution in [1.29, 1.82) is 0 Å². The number of amides is 1. The summed E-state index contributed by atoms with van der Waals surface area (Å²) < 4.78 is 0. The van der Waals surface area contributed by atoms with Crippen molar-refractivity contribution in [2.24, 2.45) is 11.0 Å². The summed E-state index contributed by atoms with van der Waals surface area (Å²) in [6, 6.07) is 6.25. The minimum Gasteiger partial charge on any atom is -0.273 e. The molecule has 0 radical (unpaired) electrons. The number of carbonyl (C=O) groups excluding carboxylic acids is 1. The van der Waals surface area contributed by atoms with Gasteiger partial charge in [0.05, 0.1) is 16.7 Å². The van der Waals surface area contributed by atoms with Gasteiger partial charge in [-0.3, -0.25) is 14.9 Å². The van der Waals surface area contributed by atoms with Gasteiger partial charge >= 0.3 is 0 Å². The van der Waals surface area contributed by atoms with Crippen LogP contribution >= 0.6 is 0 Å². The lowest BCUT2D eigenvalue weighted by Gasteiger charge is -2.22. The Morgan fingerprint density at radius 2 is 2.17 bits per heavy atom. The molecule has 0 bridgehead atoms. The zero-order valence-electron chi connectivity index (χ0n) is 9.70. The van der Waals surface area contributed by atoms with E-state index in [1.54, 1.807) is 18.2 Å². The minimum absolute atomic E-state index is 0.0286. The molecule has 18 heavy (non-hydrogen) atoms. The molecule has 1 aliphatic carbocycles. The molecule has 0 saturated heterocycles. The van der Waals surface area contributed by atoms with Crippen LogP contribution in [0.5, 0.6) is 0 Å². The summed E-state index contributed by atoms with van der Waals surface area (Å²) in [4.78, 5) is 21.7. The van der Waals surface area contributed by atoms with Gasteiger partial charge in [0.15, 0.2) is 0 Å². The SMILES string of the molecule is O=C(NN=Cc1ccccc1[N+](=O)[O-])C1CCC1. The molecule has 1 aromatic carbocycles. The molecule has 0 aliphatic heterocycles. The monoisotopic (exact) mass is 247 g/mol. The van der Waals surface area contributed by atoms with E-state index >= 15 is 0 Å². The Morgan fingerprint density at radius 1 is 1.44 bits per heavy atom. The predicted octanol–water partition coefficient (Wildman–Crippen LogP) is 1.84. The Kier molecular flexibility index (Phi) is 3.66. The third-order valence-corrected chi connectivity index (χ3v) is 2.99. The van der Waals surface area contributed by atoms with E-state index in [4.69, 9.17) is 0 Å². The smallest absolute Gasteiger partial charge is 0.273 e. The van der Waals surface area contributed by atoms with Crippen LogP contribution in [-0.2, 0) is 4.79 Å². The van der Waals surface area contributed by atoms with Crippen LogP contribution < -0.4 is 5.43 Å². The second-order valence-electron chi connectivity index (χ2n) is 4.18. The molecule has 1 aromatic rings.